The molecule has 2 aliphatic carbocycles. The number of aliphatic hydroxyl groups is 1. The van der Waals surface area contributed by atoms with Gasteiger partial charge in [0.15, 0.2) is 17.4 Å². The van der Waals surface area contributed by atoms with Crippen LogP contribution in [-0.4, -0.2) is 15.9 Å². The first-order valence-corrected chi connectivity index (χ1v) is 12.8. The van der Waals surface area contributed by atoms with Crippen LogP contribution in [0.25, 0.3) is 11.1 Å². The van der Waals surface area contributed by atoms with Gasteiger partial charge in [-0.25, -0.2) is 8.78 Å². The summed E-state index contributed by atoms with van der Waals surface area (Å²) >= 11 is 0. The molecule has 0 radical (unpaired) electrons. The summed E-state index contributed by atoms with van der Waals surface area (Å²) in [5.41, 5.74) is 1.01. The molecule has 200 valence electrons. The van der Waals surface area contributed by atoms with Gasteiger partial charge in [0.2, 0.25) is 0 Å². The Labute approximate surface area is 217 Å². The molecule has 0 amide bonds. The molecular formula is C30H28F5NO2. The van der Waals surface area contributed by atoms with Crippen molar-refractivity contribution >= 4 is 5.78 Å². The topological polar surface area (TPSA) is 50.2 Å². The molecule has 1 atom stereocenters. The van der Waals surface area contributed by atoms with Crippen molar-refractivity contribution in [3.8, 4) is 11.1 Å². The van der Waals surface area contributed by atoms with Crippen LogP contribution in [0.15, 0.2) is 42.5 Å². The fourth-order valence-corrected chi connectivity index (χ4v) is 5.94. The Hall–Kier alpha value is -3.13. The van der Waals surface area contributed by atoms with Crippen LogP contribution < -0.4 is 0 Å². The number of halogens is 5. The molecule has 0 saturated heterocycles. The summed E-state index contributed by atoms with van der Waals surface area (Å²) in [6.07, 6.45) is -1.25. The number of hydrogen-bond acceptors (Lipinski definition) is 3. The average molecular weight is 530 g/mol. The van der Waals surface area contributed by atoms with Crippen molar-refractivity contribution in [2.45, 2.75) is 70.6 Å². The molecule has 0 spiro atoms. The van der Waals surface area contributed by atoms with Crippen molar-refractivity contribution in [3.05, 3.63) is 87.7 Å². The van der Waals surface area contributed by atoms with Gasteiger partial charge in [0.05, 0.1) is 22.9 Å². The summed E-state index contributed by atoms with van der Waals surface area (Å²) in [6.45, 7) is 4.02. The maximum Gasteiger partial charge on any atom is 0.416 e. The number of pyridine rings is 1. The van der Waals surface area contributed by atoms with Crippen molar-refractivity contribution in [1.82, 2.24) is 4.98 Å². The van der Waals surface area contributed by atoms with E-state index in [1.807, 2.05) is 13.8 Å². The largest absolute Gasteiger partial charge is 0.416 e. The van der Waals surface area contributed by atoms with E-state index in [4.69, 9.17) is 4.98 Å². The van der Waals surface area contributed by atoms with Crippen LogP contribution in [0.4, 0.5) is 22.0 Å². The molecule has 3 aromatic rings. The van der Waals surface area contributed by atoms with Crippen molar-refractivity contribution in [1.29, 1.82) is 0 Å². The van der Waals surface area contributed by atoms with E-state index in [0.717, 1.165) is 62.1 Å². The Bertz CT molecular complexity index is 1390. The maximum absolute atomic E-state index is 14.5. The third-order valence-corrected chi connectivity index (χ3v) is 7.72. The van der Waals surface area contributed by atoms with E-state index in [2.05, 4.69) is 0 Å². The summed E-state index contributed by atoms with van der Waals surface area (Å²) in [6, 6.07) is 7.28. The van der Waals surface area contributed by atoms with Gasteiger partial charge in [-0.2, -0.15) is 13.2 Å². The van der Waals surface area contributed by atoms with Crippen LogP contribution in [0.3, 0.4) is 0 Å². The highest BCUT2D eigenvalue weighted by Crippen LogP contribution is 2.48. The Morgan fingerprint density at radius 2 is 1.66 bits per heavy atom. The number of carbonyl (C=O) groups is 1. The number of nitrogens with zero attached hydrogens (tertiary/aromatic N) is 1. The number of aliphatic hydroxyl groups excluding tert-OH is 1. The molecule has 3 nitrogen and oxygen atoms in total. The van der Waals surface area contributed by atoms with Crippen LogP contribution >= 0.6 is 0 Å². The summed E-state index contributed by atoms with van der Waals surface area (Å²) in [5.74, 6) is -2.79. The summed E-state index contributed by atoms with van der Waals surface area (Å²) < 4.78 is 67.9. The number of benzene rings is 2. The third kappa shape index (κ3) is 4.86. The van der Waals surface area contributed by atoms with Crippen molar-refractivity contribution < 1.29 is 31.9 Å². The van der Waals surface area contributed by atoms with E-state index in [9.17, 15) is 31.9 Å². The van der Waals surface area contributed by atoms with Crippen LogP contribution in [0.1, 0.15) is 96.4 Å². The molecule has 1 aromatic heterocycles. The van der Waals surface area contributed by atoms with E-state index < -0.39 is 35.3 Å². The summed E-state index contributed by atoms with van der Waals surface area (Å²) in [4.78, 5) is 19.0. The normalized spacial score (nSPS) is 19.4. The zero-order valence-corrected chi connectivity index (χ0v) is 21.1. The van der Waals surface area contributed by atoms with Crippen LogP contribution in [-0.2, 0) is 12.6 Å². The second kappa shape index (κ2) is 9.56. The molecule has 0 bridgehead atoms. The molecule has 8 heteroatoms. The fourth-order valence-electron chi connectivity index (χ4n) is 5.94. The van der Waals surface area contributed by atoms with Crippen molar-refractivity contribution in [2.24, 2.45) is 5.41 Å². The zero-order chi connectivity index (χ0) is 27.4. The molecular weight excluding hydrogens is 501 g/mol. The Morgan fingerprint density at radius 1 is 1.00 bits per heavy atom. The number of aromatic nitrogens is 1. The van der Waals surface area contributed by atoms with Gasteiger partial charge in [-0.3, -0.25) is 9.78 Å². The van der Waals surface area contributed by atoms with E-state index >= 15 is 0 Å². The van der Waals surface area contributed by atoms with Gasteiger partial charge < -0.3 is 5.11 Å². The fraction of sp³-hybridized carbons (Fsp3) is 0.400. The molecule has 1 saturated carbocycles. The van der Waals surface area contributed by atoms with Gasteiger partial charge in [0.25, 0.3) is 0 Å². The van der Waals surface area contributed by atoms with Crippen LogP contribution in [0, 0.1) is 17.0 Å². The quantitative estimate of drug-likeness (QED) is 0.276. The number of fused-ring (bicyclic) bond motifs is 1. The van der Waals surface area contributed by atoms with Gasteiger partial charge >= 0.3 is 6.18 Å². The van der Waals surface area contributed by atoms with Crippen molar-refractivity contribution in [2.75, 3.05) is 0 Å². The lowest BCUT2D eigenvalue weighted by molar-refractivity contribution is -0.137. The third-order valence-electron chi connectivity index (χ3n) is 7.72. The first kappa shape index (κ1) is 26.5. The van der Waals surface area contributed by atoms with E-state index in [-0.39, 0.29) is 33.6 Å². The molecule has 38 heavy (non-hydrogen) atoms. The molecule has 1 heterocycles. The second-order valence-corrected chi connectivity index (χ2v) is 11.2. The second-order valence-electron chi connectivity index (χ2n) is 11.2. The lowest BCUT2D eigenvalue weighted by Gasteiger charge is -2.37. The minimum absolute atomic E-state index is 0.0217. The predicted octanol–water partition coefficient (Wildman–Crippen LogP) is 7.94. The Balaban J connectivity index is 1.80. The van der Waals surface area contributed by atoms with Gasteiger partial charge in [0.1, 0.15) is 0 Å². The monoisotopic (exact) mass is 529 g/mol. The maximum atomic E-state index is 14.5. The van der Waals surface area contributed by atoms with Crippen molar-refractivity contribution in [3.63, 3.8) is 0 Å². The first-order valence-electron chi connectivity index (χ1n) is 12.8. The standard InChI is InChI=1S/C30H28F5NO2/c1-29(2)14-22-25(23(37)15-29)24(18-9-12-20(31)21(32)13-18)26(27(36-22)16-5-3-4-6-16)28(38)17-7-10-19(11-8-17)30(33,34)35/h7-13,16,23,37H,3-6,14-15H2,1-2H3. The average Bonchev–Trinajstić information content (AvgIpc) is 3.38. The Kier molecular flexibility index (Phi) is 6.66. The molecule has 0 aliphatic heterocycles. The smallest absolute Gasteiger partial charge is 0.388 e. The summed E-state index contributed by atoms with van der Waals surface area (Å²) in [7, 11) is 0. The lowest BCUT2D eigenvalue weighted by atomic mass is 9.71. The number of rotatable bonds is 4. The minimum atomic E-state index is -4.56. The highest BCUT2D eigenvalue weighted by Gasteiger charge is 2.39. The molecule has 5 rings (SSSR count). The highest BCUT2D eigenvalue weighted by atomic mass is 19.4. The van der Waals surface area contributed by atoms with Gasteiger partial charge in [-0.1, -0.05) is 44.9 Å². The minimum Gasteiger partial charge on any atom is -0.388 e. The van der Waals surface area contributed by atoms with E-state index in [0.29, 0.717) is 29.8 Å². The number of carbonyl (C=O) groups excluding carboxylic acids is 1. The number of ketones is 1. The van der Waals surface area contributed by atoms with E-state index in [1.54, 1.807) is 0 Å². The molecule has 2 aliphatic rings. The zero-order valence-electron chi connectivity index (χ0n) is 21.1. The van der Waals surface area contributed by atoms with Crippen LogP contribution in [0.2, 0.25) is 0 Å². The van der Waals surface area contributed by atoms with Gasteiger partial charge in [-0.05, 0) is 60.9 Å². The molecule has 1 fully saturated rings. The van der Waals surface area contributed by atoms with Gasteiger partial charge in [-0.15, -0.1) is 0 Å². The lowest BCUT2D eigenvalue weighted by Crippen LogP contribution is -2.29. The van der Waals surface area contributed by atoms with Crippen LogP contribution in [0.5, 0.6) is 0 Å². The van der Waals surface area contributed by atoms with Gasteiger partial charge in [0, 0.05) is 28.3 Å². The first-order chi connectivity index (χ1) is 17.9. The number of hydrogen-bond donors (Lipinski definition) is 1. The highest BCUT2D eigenvalue weighted by molar-refractivity contribution is 6.14. The number of alkyl halides is 3. The predicted molar refractivity (Wildman–Crippen MR) is 133 cm³/mol. The molecule has 1 unspecified atom stereocenters. The van der Waals surface area contributed by atoms with E-state index in [1.165, 1.54) is 6.07 Å². The molecule has 2 aromatic carbocycles. The summed E-state index contributed by atoms with van der Waals surface area (Å²) in [5, 5.41) is 11.3. The SMILES string of the molecule is CC1(C)Cc2nc(C3CCCC3)c(C(=O)c3ccc(C(F)(F)F)cc3)c(-c3ccc(F)c(F)c3)c2C(O)C1. The Morgan fingerprint density at radius 3 is 2.26 bits per heavy atom. The molecule has 1 N–H and O–H groups in total.